The molecule has 0 aliphatic rings. The first kappa shape index (κ1) is 19.0. The second kappa shape index (κ2) is 7.28. The monoisotopic (exact) mass is 351 g/mol. The van der Waals surface area contributed by atoms with E-state index in [9.17, 15) is 20.0 Å². The van der Waals surface area contributed by atoms with Gasteiger partial charge in [-0.15, -0.1) is 0 Å². The molecule has 0 atom stereocenters. The van der Waals surface area contributed by atoms with Gasteiger partial charge in [-0.25, -0.2) is 4.79 Å². The van der Waals surface area contributed by atoms with Gasteiger partial charge in [0.15, 0.2) is 0 Å². The van der Waals surface area contributed by atoms with Crippen LogP contribution in [-0.4, -0.2) is 40.5 Å². The van der Waals surface area contributed by atoms with Crippen molar-refractivity contribution in [1.82, 2.24) is 9.47 Å². The number of carboxylic acid groups (broad SMARTS) is 1. The number of rotatable bonds is 4. The Balaban J connectivity index is 2.63. The molecule has 2 rings (SSSR count). The number of carboxylic acids is 1. The van der Waals surface area contributed by atoms with Crippen LogP contribution >= 0.6 is 0 Å². The van der Waals surface area contributed by atoms with E-state index in [1.54, 1.807) is 38.4 Å². The Morgan fingerprint density at radius 3 is 2.38 bits per heavy atom. The van der Waals surface area contributed by atoms with E-state index in [0.717, 1.165) is 28.2 Å². The molecule has 6 heteroatoms. The summed E-state index contributed by atoms with van der Waals surface area (Å²) < 4.78 is 1.93. The van der Waals surface area contributed by atoms with Gasteiger partial charge in [-0.1, -0.05) is 6.07 Å². The summed E-state index contributed by atoms with van der Waals surface area (Å²) in [5.41, 5.74) is 4.40. The Kier molecular flexibility index (Phi) is 5.32. The van der Waals surface area contributed by atoms with Crippen LogP contribution in [-0.2, 0) is 4.79 Å². The van der Waals surface area contributed by atoms with E-state index in [-0.39, 0.29) is 17.0 Å². The Bertz CT molecular complexity index is 959. The number of hydrogen-bond acceptors (Lipinski definition) is 3. The second-order valence-electron chi connectivity index (χ2n) is 6.34. The largest absolute Gasteiger partial charge is 0.478 e. The first-order valence-electron chi connectivity index (χ1n) is 8.04. The second-order valence-corrected chi connectivity index (χ2v) is 6.34. The molecular weight excluding hydrogens is 330 g/mol. The van der Waals surface area contributed by atoms with Crippen LogP contribution in [0.2, 0.25) is 0 Å². The van der Waals surface area contributed by atoms with Crippen LogP contribution in [0.25, 0.3) is 11.8 Å². The maximum Gasteiger partial charge on any atom is 0.335 e. The van der Waals surface area contributed by atoms with Gasteiger partial charge in [0, 0.05) is 31.2 Å². The van der Waals surface area contributed by atoms with Gasteiger partial charge >= 0.3 is 5.97 Å². The summed E-state index contributed by atoms with van der Waals surface area (Å²) in [6.07, 6.45) is 1.57. The lowest BCUT2D eigenvalue weighted by atomic mass is 10.1. The molecule has 2 aromatic rings. The van der Waals surface area contributed by atoms with Gasteiger partial charge in [0.05, 0.1) is 5.56 Å². The molecule has 0 aliphatic heterocycles. The lowest BCUT2D eigenvalue weighted by Crippen LogP contribution is -2.22. The van der Waals surface area contributed by atoms with E-state index >= 15 is 0 Å². The van der Waals surface area contributed by atoms with Crippen LogP contribution in [0.15, 0.2) is 29.8 Å². The van der Waals surface area contributed by atoms with E-state index in [1.807, 2.05) is 37.5 Å². The Morgan fingerprint density at radius 1 is 1.19 bits per heavy atom. The fourth-order valence-corrected chi connectivity index (χ4v) is 2.83. The molecule has 0 unspecified atom stereocenters. The third-order valence-corrected chi connectivity index (χ3v) is 4.22. The summed E-state index contributed by atoms with van der Waals surface area (Å²) in [4.78, 5) is 24.7. The topological polar surface area (TPSA) is 86.3 Å². The Labute approximate surface area is 152 Å². The quantitative estimate of drug-likeness (QED) is 0.677. The van der Waals surface area contributed by atoms with Gasteiger partial charge in [-0.3, -0.25) is 4.79 Å². The predicted octanol–water partition coefficient (Wildman–Crippen LogP) is 3.10. The third-order valence-electron chi connectivity index (χ3n) is 4.22. The maximum atomic E-state index is 12.1. The van der Waals surface area contributed by atoms with E-state index in [1.165, 1.54) is 4.90 Å². The van der Waals surface area contributed by atoms with Crippen LogP contribution in [0.4, 0.5) is 0 Å². The molecule has 0 fully saturated rings. The van der Waals surface area contributed by atoms with Crippen molar-refractivity contribution in [3.05, 3.63) is 57.9 Å². The summed E-state index contributed by atoms with van der Waals surface area (Å²) in [6, 6.07) is 8.79. The smallest absolute Gasteiger partial charge is 0.335 e. The maximum absolute atomic E-state index is 12.1. The number of amides is 1. The number of hydrogen-bond donors (Lipinski definition) is 1. The first-order chi connectivity index (χ1) is 12.2. The lowest BCUT2D eigenvalue weighted by molar-refractivity contribution is -0.124. The number of carbonyl (C=O) groups is 2. The molecule has 0 spiro atoms. The van der Waals surface area contributed by atoms with Crippen LogP contribution in [0, 0.1) is 32.1 Å². The molecule has 0 saturated carbocycles. The summed E-state index contributed by atoms with van der Waals surface area (Å²) in [6.45, 7) is 5.68. The molecule has 134 valence electrons. The fraction of sp³-hybridized carbons (Fsp3) is 0.250. The minimum Gasteiger partial charge on any atom is -0.478 e. The number of benzene rings is 1. The number of nitriles is 1. The number of nitrogens with zero attached hydrogens (tertiary/aromatic N) is 3. The van der Waals surface area contributed by atoms with Crippen LogP contribution in [0.5, 0.6) is 0 Å². The van der Waals surface area contributed by atoms with Crippen molar-refractivity contribution in [1.29, 1.82) is 5.26 Å². The molecule has 1 aromatic heterocycles. The van der Waals surface area contributed by atoms with E-state index in [0.29, 0.717) is 0 Å². The van der Waals surface area contributed by atoms with Crippen molar-refractivity contribution < 1.29 is 14.7 Å². The minimum absolute atomic E-state index is 0.0475. The first-order valence-corrected chi connectivity index (χ1v) is 8.04. The van der Waals surface area contributed by atoms with Gasteiger partial charge in [0.2, 0.25) is 0 Å². The molecular formula is C20H21N3O3. The van der Waals surface area contributed by atoms with Crippen molar-refractivity contribution in [2.45, 2.75) is 20.8 Å². The molecule has 1 amide bonds. The summed E-state index contributed by atoms with van der Waals surface area (Å²) in [5, 5.41) is 18.6. The highest BCUT2D eigenvalue weighted by Crippen LogP contribution is 2.26. The van der Waals surface area contributed by atoms with E-state index < -0.39 is 5.97 Å². The van der Waals surface area contributed by atoms with Gasteiger partial charge in [0.25, 0.3) is 5.91 Å². The summed E-state index contributed by atoms with van der Waals surface area (Å²) in [5.74, 6) is -1.35. The van der Waals surface area contributed by atoms with Crippen LogP contribution < -0.4 is 0 Å². The highest BCUT2D eigenvalue weighted by atomic mass is 16.4. The molecule has 26 heavy (non-hydrogen) atoms. The molecule has 0 bridgehead atoms. The van der Waals surface area contributed by atoms with Gasteiger partial charge in [0.1, 0.15) is 11.6 Å². The average molecular weight is 351 g/mol. The van der Waals surface area contributed by atoms with E-state index in [2.05, 4.69) is 0 Å². The Hall–Kier alpha value is -3.33. The number of likely N-dealkylation sites (N-methyl/N-ethyl adjacent to an activating group) is 1. The van der Waals surface area contributed by atoms with E-state index in [4.69, 9.17) is 0 Å². The number of carbonyl (C=O) groups excluding carboxylic acids is 1. The lowest BCUT2D eigenvalue weighted by Gasteiger charge is -2.14. The standard InChI is InChI=1S/C20H21N3O3/c1-12-6-7-15(20(25)26)10-18(12)23-13(2)8-16(14(23)3)9-17(11-21)19(24)22(4)5/h6-10H,1-5H3,(H,25,26)/b17-9-. The zero-order valence-corrected chi connectivity index (χ0v) is 15.5. The summed E-state index contributed by atoms with van der Waals surface area (Å²) in [7, 11) is 3.19. The third kappa shape index (κ3) is 3.52. The highest BCUT2D eigenvalue weighted by Gasteiger charge is 2.16. The van der Waals surface area contributed by atoms with Crippen molar-refractivity contribution in [3.8, 4) is 11.8 Å². The molecule has 1 heterocycles. The zero-order valence-electron chi connectivity index (χ0n) is 15.5. The van der Waals surface area contributed by atoms with Gasteiger partial charge in [-0.2, -0.15) is 5.26 Å². The molecule has 0 radical (unpaired) electrons. The highest BCUT2D eigenvalue weighted by molar-refractivity contribution is 6.01. The molecule has 0 saturated heterocycles. The van der Waals surface area contributed by atoms with Gasteiger partial charge in [-0.05, 0) is 56.2 Å². The number of aromatic carboxylic acids is 1. The minimum atomic E-state index is -0.989. The van der Waals surface area contributed by atoms with Crippen molar-refractivity contribution in [2.24, 2.45) is 0 Å². The van der Waals surface area contributed by atoms with Crippen molar-refractivity contribution in [2.75, 3.05) is 14.1 Å². The summed E-state index contributed by atoms with van der Waals surface area (Å²) >= 11 is 0. The zero-order chi connectivity index (χ0) is 19.6. The fourth-order valence-electron chi connectivity index (χ4n) is 2.83. The molecule has 0 aliphatic carbocycles. The predicted molar refractivity (Wildman–Crippen MR) is 99.2 cm³/mol. The number of aryl methyl sites for hydroxylation is 2. The van der Waals surface area contributed by atoms with Crippen LogP contribution in [0.1, 0.15) is 32.9 Å². The van der Waals surface area contributed by atoms with Crippen LogP contribution in [0.3, 0.4) is 0 Å². The SMILES string of the molecule is Cc1ccc(C(=O)O)cc1-n1c(C)cc(/C=C(/C#N)C(=O)N(C)C)c1C. The molecule has 1 N–H and O–H groups in total. The number of aromatic nitrogens is 1. The molecule has 1 aromatic carbocycles. The van der Waals surface area contributed by atoms with Crippen molar-refractivity contribution >= 4 is 18.0 Å². The van der Waals surface area contributed by atoms with Crippen molar-refractivity contribution in [3.63, 3.8) is 0 Å². The molecule has 6 nitrogen and oxygen atoms in total. The van der Waals surface area contributed by atoms with Gasteiger partial charge < -0.3 is 14.6 Å². The average Bonchev–Trinajstić information content (AvgIpc) is 2.86. The normalized spacial score (nSPS) is 11.2. The Morgan fingerprint density at radius 2 is 1.85 bits per heavy atom.